The fourth-order valence-corrected chi connectivity index (χ4v) is 2.55. The van der Waals surface area contributed by atoms with Gasteiger partial charge in [0, 0.05) is 13.2 Å². The van der Waals surface area contributed by atoms with E-state index in [9.17, 15) is 9.59 Å². The third kappa shape index (κ3) is 2.36. The van der Waals surface area contributed by atoms with Crippen molar-refractivity contribution >= 4 is 11.8 Å². The maximum Gasteiger partial charge on any atom is 0.246 e. The molecule has 1 aliphatic heterocycles. The van der Waals surface area contributed by atoms with E-state index < -0.39 is 6.04 Å². The second kappa shape index (κ2) is 4.53. The lowest BCUT2D eigenvalue weighted by molar-refractivity contribution is -0.154. The highest BCUT2D eigenvalue weighted by Crippen LogP contribution is 2.31. The Balaban J connectivity index is 2.07. The molecule has 5 nitrogen and oxygen atoms in total. The molecule has 1 unspecified atom stereocenters. The number of hydrogen-bond acceptors (Lipinski definition) is 3. The fraction of sp³-hybridized carbons (Fsp3) is 0.846. The molecular formula is C13H22N2O3. The molecule has 1 saturated heterocycles. The summed E-state index contributed by atoms with van der Waals surface area (Å²) in [5.41, 5.74) is -0.254. The first-order valence-corrected chi connectivity index (χ1v) is 6.45. The first-order chi connectivity index (χ1) is 8.32. The van der Waals surface area contributed by atoms with Crippen LogP contribution in [0.4, 0.5) is 0 Å². The van der Waals surface area contributed by atoms with Crippen LogP contribution in [0.25, 0.3) is 0 Å². The highest BCUT2D eigenvalue weighted by molar-refractivity contribution is 5.95. The standard InChI is InChI=1S/C13H22N2O3/c1-13(2,3)11-12(17)15(7-10(16)14-11)8-5-9(6-8)18-4/h8-9,11H,5-7H2,1-4H3,(H,14,16). The van der Waals surface area contributed by atoms with Crippen molar-refractivity contribution < 1.29 is 14.3 Å². The van der Waals surface area contributed by atoms with Crippen LogP contribution in [0.2, 0.25) is 0 Å². The maximum absolute atomic E-state index is 12.4. The molecule has 0 radical (unpaired) electrons. The van der Waals surface area contributed by atoms with E-state index in [1.807, 2.05) is 20.8 Å². The van der Waals surface area contributed by atoms with E-state index in [0.29, 0.717) is 0 Å². The zero-order valence-corrected chi connectivity index (χ0v) is 11.5. The first-order valence-electron chi connectivity index (χ1n) is 6.45. The summed E-state index contributed by atoms with van der Waals surface area (Å²) in [6.45, 7) is 6.10. The topological polar surface area (TPSA) is 58.6 Å². The van der Waals surface area contributed by atoms with Gasteiger partial charge in [-0.2, -0.15) is 0 Å². The molecule has 2 fully saturated rings. The number of ether oxygens (including phenoxy) is 1. The summed E-state index contributed by atoms with van der Waals surface area (Å²) in [7, 11) is 1.68. The van der Waals surface area contributed by atoms with Gasteiger partial charge in [-0.3, -0.25) is 9.59 Å². The molecule has 0 aromatic rings. The Labute approximate surface area is 108 Å². The van der Waals surface area contributed by atoms with Gasteiger partial charge in [0.1, 0.15) is 6.04 Å². The zero-order chi connectivity index (χ0) is 13.5. The van der Waals surface area contributed by atoms with E-state index in [1.54, 1.807) is 12.0 Å². The summed E-state index contributed by atoms with van der Waals surface area (Å²) in [6, 6.07) is -0.251. The second-order valence-corrected chi connectivity index (χ2v) is 6.32. The molecule has 1 saturated carbocycles. The SMILES string of the molecule is COC1CC(N2CC(=O)NC(C(C)(C)C)C2=O)C1. The van der Waals surface area contributed by atoms with Gasteiger partial charge in [0.2, 0.25) is 11.8 Å². The lowest BCUT2D eigenvalue weighted by Gasteiger charge is -2.47. The Morgan fingerprint density at radius 2 is 1.89 bits per heavy atom. The highest BCUT2D eigenvalue weighted by Gasteiger charge is 2.45. The minimum absolute atomic E-state index is 0.0432. The molecule has 1 N–H and O–H groups in total. The second-order valence-electron chi connectivity index (χ2n) is 6.32. The van der Waals surface area contributed by atoms with Crippen LogP contribution in [0.3, 0.4) is 0 Å². The molecule has 1 heterocycles. The summed E-state index contributed by atoms with van der Waals surface area (Å²) in [5.74, 6) is -0.0166. The zero-order valence-electron chi connectivity index (χ0n) is 11.5. The molecular weight excluding hydrogens is 232 g/mol. The van der Waals surface area contributed by atoms with Crippen LogP contribution in [0, 0.1) is 5.41 Å². The summed E-state index contributed by atoms with van der Waals surface area (Å²) in [6.07, 6.45) is 1.92. The third-order valence-corrected chi connectivity index (χ3v) is 3.86. The van der Waals surface area contributed by atoms with E-state index in [4.69, 9.17) is 4.74 Å². The lowest BCUT2D eigenvalue weighted by Crippen LogP contribution is -2.66. The van der Waals surface area contributed by atoms with Gasteiger partial charge < -0.3 is 15.0 Å². The maximum atomic E-state index is 12.4. The van der Waals surface area contributed by atoms with Crippen LogP contribution < -0.4 is 5.32 Å². The van der Waals surface area contributed by atoms with Crippen molar-refractivity contribution in [2.75, 3.05) is 13.7 Å². The lowest BCUT2D eigenvalue weighted by atomic mass is 9.82. The molecule has 0 spiro atoms. The van der Waals surface area contributed by atoms with Gasteiger partial charge >= 0.3 is 0 Å². The first kappa shape index (κ1) is 13.3. The van der Waals surface area contributed by atoms with Gasteiger partial charge in [0.05, 0.1) is 12.6 Å². The molecule has 2 aliphatic rings. The molecule has 102 valence electrons. The molecule has 1 aliphatic carbocycles. The van der Waals surface area contributed by atoms with Crippen LogP contribution >= 0.6 is 0 Å². The van der Waals surface area contributed by atoms with Crippen molar-refractivity contribution in [3.05, 3.63) is 0 Å². The average Bonchev–Trinajstić information content (AvgIpc) is 2.19. The predicted molar refractivity (Wildman–Crippen MR) is 66.9 cm³/mol. The number of carbonyl (C=O) groups excluding carboxylic acids is 2. The number of piperazine rings is 1. The quantitative estimate of drug-likeness (QED) is 0.782. The molecule has 0 bridgehead atoms. The molecule has 2 amide bonds. The van der Waals surface area contributed by atoms with Gasteiger partial charge in [-0.1, -0.05) is 20.8 Å². The summed E-state index contributed by atoms with van der Waals surface area (Å²) in [4.78, 5) is 25.9. The molecule has 0 aromatic carbocycles. The number of nitrogens with zero attached hydrogens (tertiary/aromatic N) is 1. The van der Waals surface area contributed by atoms with E-state index in [1.165, 1.54) is 0 Å². The van der Waals surface area contributed by atoms with Crippen molar-refractivity contribution in [2.45, 2.75) is 51.8 Å². The van der Waals surface area contributed by atoms with E-state index in [2.05, 4.69) is 5.32 Å². The van der Waals surface area contributed by atoms with Crippen LogP contribution in [-0.4, -0.2) is 48.6 Å². The Morgan fingerprint density at radius 3 is 2.39 bits per heavy atom. The number of hydrogen-bond donors (Lipinski definition) is 1. The minimum atomic E-state index is -0.416. The van der Waals surface area contributed by atoms with E-state index in [0.717, 1.165) is 12.8 Å². The third-order valence-electron chi connectivity index (χ3n) is 3.86. The van der Waals surface area contributed by atoms with Crippen LogP contribution in [0.1, 0.15) is 33.6 Å². The number of amides is 2. The Bertz CT molecular complexity index is 356. The van der Waals surface area contributed by atoms with Gasteiger partial charge in [0.15, 0.2) is 0 Å². The Kier molecular flexibility index (Phi) is 3.36. The van der Waals surface area contributed by atoms with Gasteiger partial charge in [0.25, 0.3) is 0 Å². The number of nitrogens with one attached hydrogen (secondary N) is 1. The van der Waals surface area contributed by atoms with E-state index in [-0.39, 0.29) is 35.9 Å². The van der Waals surface area contributed by atoms with Gasteiger partial charge in [-0.05, 0) is 18.3 Å². The Hall–Kier alpha value is -1.10. The molecule has 1 atom stereocenters. The molecule has 0 aromatic heterocycles. The summed E-state index contributed by atoms with van der Waals surface area (Å²) in [5, 5.41) is 2.80. The largest absolute Gasteiger partial charge is 0.381 e. The molecule has 18 heavy (non-hydrogen) atoms. The van der Waals surface area contributed by atoms with Crippen molar-refractivity contribution in [3.8, 4) is 0 Å². The van der Waals surface area contributed by atoms with E-state index >= 15 is 0 Å². The highest BCUT2D eigenvalue weighted by atomic mass is 16.5. The number of methoxy groups -OCH3 is 1. The summed E-state index contributed by atoms with van der Waals surface area (Å²) >= 11 is 0. The van der Waals surface area contributed by atoms with Crippen molar-refractivity contribution in [2.24, 2.45) is 5.41 Å². The Morgan fingerprint density at radius 1 is 1.28 bits per heavy atom. The van der Waals surface area contributed by atoms with Crippen LogP contribution in [0.15, 0.2) is 0 Å². The van der Waals surface area contributed by atoms with Gasteiger partial charge in [-0.15, -0.1) is 0 Å². The van der Waals surface area contributed by atoms with Crippen LogP contribution in [0.5, 0.6) is 0 Å². The summed E-state index contributed by atoms with van der Waals surface area (Å²) < 4.78 is 5.22. The van der Waals surface area contributed by atoms with Crippen molar-refractivity contribution in [3.63, 3.8) is 0 Å². The smallest absolute Gasteiger partial charge is 0.246 e. The normalized spacial score (nSPS) is 33.1. The molecule has 5 heteroatoms. The van der Waals surface area contributed by atoms with Gasteiger partial charge in [-0.25, -0.2) is 0 Å². The van der Waals surface area contributed by atoms with Crippen molar-refractivity contribution in [1.82, 2.24) is 10.2 Å². The molecule has 2 rings (SSSR count). The fourth-order valence-electron chi connectivity index (χ4n) is 2.55. The number of rotatable bonds is 2. The average molecular weight is 254 g/mol. The predicted octanol–water partition coefficient (Wildman–Crippen LogP) is 0.537. The minimum Gasteiger partial charge on any atom is -0.381 e. The monoisotopic (exact) mass is 254 g/mol. The van der Waals surface area contributed by atoms with Crippen molar-refractivity contribution in [1.29, 1.82) is 0 Å². The number of carbonyl (C=O) groups is 2. The van der Waals surface area contributed by atoms with Crippen LogP contribution in [-0.2, 0) is 14.3 Å².